The Morgan fingerprint density at radius 2 is 1.94 bits per heavy atom. The largest absolute Gasteiger partial charge is 0.367 e. The standard InChI is InChI=1S/C15H17ClN2/c1-3-18(14-9-5-4-7-12(14)2)11-13-8-6-10-17-15(13)16/h4-10H,3,11H2,1-2H3. The van der Waals surface area contributed by atoms with E-state index in [1.807, 2.05) is 12.1 Å². The maximum Gasteiger partial charge on any atom is 0.133 e. The van der Waals surface area contributed by atoms with Gasteiger partial charge in [-0.25, -0.2) is 4.98 Å². The van der Waals surface area contributed by atoms with E-state index in [4.69, 9.17) is 11.6 Å². The maximum absolute atomic E-state index is 6.11. The van der Waals surface area contributed by atoms with Gasteiger partial charge in [0.05, 0.1) is 0 Å². The minimum Gasteiger partial charge on any atom is -0.367 e. The Morgan fingerprint density at radius 3 is 2.61 bits per heavy atom. The molecule has 0 N–H and O–H groups in total. The average Bonchev–Trinajstić information content (AvgIpc) is 2.39. The SMILES string of the molecule is CCN(Cc1cccnc1Cl)c1ccccc1C. The van der Waals surface area contributed by atoms with Gasteiger partial charge in [0.25, 0.3) is 0 Å². The number of para-hydroxylation sites is 1. The summed E-state index contributed by atoms with van der Waals surface area (Å²) in [6, 6.07) is 12.3. The molecule has 0 atom stereocenters. The monoisotopic (exact) mass is 260 g/mol. The molecule has 0 aliphatic heterocycles. The van der Waals surface area contributed by atoms with Crippen molar-refractivity contribution in [1.29, 1.82) is 0 Å². The van der Waals surface area contributed by atoms with Crippen molar-refractivity contribution >= 4 is 17.3 Å². The van der Waals surface area contributed by atoms with Crippen LogP contribution < -0.4 is 4.90 Å². The normalized spacial score (nSPS) is 10.4. The van der Waals surface area contributed by atoms with Crippen molar-refractivity contribution in [2.75, 3.05) is 11.4 Å². The highest BCUT2D eigenvalue weighted by molar-refractivity contribution is 6.30. The van der Waals surface area contributed by atoms with Crippen LogP contribution in [0.2, 0.25) is 5.15 Å². The first-order valence-electron chi connectivity index (χ1n) is 6.12. The van der Waals surface area contributed by atoms with E-state index in [1.165, 1.54) is 11.3 Å². The van der Waals surface area contributed by atoms with Crippen molar-refractivity contribution in [3.8, 4) is 0 Å². The molecule has 0 spiro atoms. The molecule has 0 saturated carbocycles. The highest BCUT2D eigenvalue weighted by atomic mass is 35.5. The van der Waals surface area contributed by atoms with Crippen LogP contribution in [0.15, 0.2) is 42.6 Å². The average molecular weight is 261 g/mol. The number of hydrogen-bond donors (Lipinski definition) is 0. The summed E-state index contributed by atoms with van der Waals surface area (Å²) >= 11 is 6.11. The van der Waals surface area contributed by atoms with Crippen LogP contribution in [-0.4, -0.2) is 11.5 Å². The summed E-state index contributed by atoms with van der Waals surface area (Å²) in [7, 11) is 0. The van der Waals surface area contributed by atoms with Gasteiger partial charge in [0.1, 0.15) is 5.15 Å². The molecule has 0 radical (unpaired) electrons. The topological polar surface area (TPSA) is 16.1 Å². The van der Waals surface area contributed by atoms with Crippen LogP contribution in [0.4, 0.5) is 5.69 Å². The lowest BCUT2D eigenvalue weighted by Crippen LogP contribution is -2.23. The van der Waals surface area contributed by atoms with E-state index >= 15 is 0 Å². The highest BCUT2D eigenvalue weighted by Crippen LogP contribution is 2.23. The first kappa shape index (κ1) is 12.9. The Kier molecular flexibility index (Phi) is 4.21. The zero-order chi connectivity index (χ0) is 13.0. The first-order chi connectivity index (χ1) is 8.72. The van der Waals surface area contributed by atoms with Gasteiger partial charge in [-0.2, -0.15) is 0 Å². The van der Waals surface area contributed by atoms with Crippen molar-refractivity contribution in [2.45, 2.75) is 20.4 Å². The second kappa shape index (κ2) is 5.87. The molecule has 0 fully saturated rings. The van der Waals surface area contributed by atoms with Crippen LogP contribution in [0.3, 0.4) is 0 Å². The van der Waals surface area contributed by atoms with Gasteiger partial charge in [-0.1, -0.05) is 35.9 Å². The van der Waals surface area contributed by atoms with Crippen LogP contribution in [-0.2, 0) is 6.54 Å². The molecule has 0 bridgehead atoms. The van der Waals surface area contributed by atoms with Gasteiger partial charge in [-0.05, 0) is 31.5 Å². The highest BCUT2D eigenvalue weighted by Gasteiger charge is 2.09. The van der Waals surface area contributed by atoms with Gasteiger partial charge in [-0.15, -0.1) is 0 Å². The second-order valence-electron chi connectivity index (χ2n) is 4.25. The summed E-state index contributed by atoms with van der Waals surface area (Å²) < 4.78 is 0. The van der Waals surface area contributed by atoms with E-state index in [2.05, 4.69) is 48.0 Å². The molecular formula is C15H17ClN2. The first-order valence-corrected chi connectivity index (χ1v) is 6.50. The molecule has 2 rings (SSSR count). The number of nitrogens with zero attached hydrogens (tertiary/aromatic N) is 2. The Morgan fingerprint density at radius 1 is 1.17 bits per heavy atom. The fraction of sp³-hybridized carbons (Fsp3) is 0.267. The molecule has 3 heteroatoms. The summed E-state index contributed by atoms with van der Waals surface area (Å²) in [5, 5.41) is 0.588. The van der Waals surface area contributed by atoms with Gasteiger partial charge in [0.2, 0.25) is 0 Å². The van der Waals surface area contributed by atoms with E-state index in [9.17, 15) is 0 Å². The third-order valence-corrected chi connectivity index (χ3v) is 3.38. The number of halogens is 1. The lowest BCUT2D eigenvalue weighted by molar-refractivity contribution is 0.824. The molecule has 94 valence electrons. The van der Waals surface area contributed by atoms with Gasteiger partial charge >= 0.3 is 0 Å². The maximum atomic E-state index is 6.11. The van der Waals surface area contributed by atoms with Crippen LogP contribution in [0.5, 0.6) is 0 Å². The Bertz CT molecular complexity index is 525. The van der Waals surface area contributed by atoms with Crippen LogP contribution in [0.1, 0.15) is 18.1 Å². The number of rotatable bonds is 4. The van der Waals surface area contributed by atoms with Crippen LogP contribution >= 0.6 is 11.6 Å². The number of benzene rings is 1. The predicted octanol–water partition coefficient (Wildman–Crippen LogP) is 4.07. The molecule has 2 aromatic rings. The molecular weight excluding hydrogens is 244 g/mol. The molecule has 1 aromatic heterocycles. The zero-order valence-corrected chi connectivity index (χ0v) is 11.5. The van der Waals surface area contributed by atoms with Crippen molar-refractivity contribution in [2.24, 2.45) is 0 Å². The predicted molar refractivity (Wildman–Crippen MR) is 77.2 cm³/mol. The minimum atomic E-state index is 0.588. The number of hydrogen-bond acceptors (Lipinski definition) is 2. The van der Waals surface area contributed by atoms with Gasteiger partial charge in [0.15, 0.2) is 0 Å². The quantitative estimate of drug-likeness (QED) is 0.771. The van der Waals surface area contributed by atoms with Crippen molar-refractivity contribution in [1.82, 2.24) is 4.98 Å². The second-order valence-corrected chi connectivity index (χ2v) is 4.61. The summed E-state index contributed by atoms with van der Waals surface area (Å²) in [6.45, 7) is 6.00. The van der Waals surface area contributed by atoms with Gasteiger partial charge in [-0.3, -0.25) is 0 Å². The third-order valence-electron chi connectivity index (χ3n) is 3.04. The summed E-state index contributed by atoms with van der Waals surface area (Å²) in [5.74, 6) is 0. The summed E-state index contributed by atoms with van der Waals surface area (Å²) in [5.41, 5.74) is 3.59. The lowest BCUT2D eigenvalue weighted by atomic mass is 10.1. The Balaban J connectivity index is 2.26. The molecule has 1 heterocycles. The fourth-order valence-electron chi connectivity index (χ4n) is 2.03. The van der Waals surface area contributed by atoms with Gasteiger partial charge < -0.3 is 4.90 Å². The van der Waals surface area contributed by atoms with E-state index in [1.54, 1.807) is 6.20 Å². The zero-order valence-electron chi connectivity index (χ0n) is 10.7. The summed E-state index contributed by atoms with van der Waals surface area (Å²) in [4.78, 5) is 6.43. The number of anilines is 1. The molecule has 0 unspecified atom stereocenters. The molecule has 0 amide bonds. The molecule has 18 heavy (non-hydrogen) atoms. The Labute approximate surface area is 113 Å². The van der Waals surface area contributed by atoms with Crippen molar-refractivity contribution < 1.29 is 0 Å². The molecule has 1 aromatic carbocycles. The number of aromatic nitrogens is 1. The van der Waals surface area contributed by atoms with E-state index < -0.39 is 0 Å². The van der Waals surface area contributed by atoms with Crippen molar-refractivity contribution in [3.05, 3.63) is 58.9 Å². The molecule has 0 aliphatic rings. The summed E-state index contributed by atoms with van der Waals surface area (Å²) in [6.07, 6.45) is 1.72. The smallest absolute Gasteiger partial charge is 0.133 e. The van der Waals surface area contributed by atoms with Crippen LogP contribution in [0, 0.1) is 6.92 Å². The van der Waals surface area contributed by atoms with Gasteiger partial charge in [0, 0.05) is 30.5 Å². The lowest BCUT2D eigenvalue weighted by Gasteiger charge is -2.25. The number of aryl methyl sites for hydroxylation is 1. The Hall–Kier alpha value is -1.54. The number of pyridine rings is 1. The minimum absolute atomic E-state index is 0.588. The van der Waals surface area contributed by atoms with E-state index in [-0.39, 0.29) is 0 Å². The third kappa shape index (κ3) is 2.82. The fourth-order valence-corrected chi connectivity index (χ4v) is 2.21. The van der Waals surface area contributed by atoms with E-state index in [0.29, 0.717) is 5.15 Å². The van der Waals surface area contributed by atoms with Crippen LogP contribution in [0.25, 0.3) is 0 Å². The molecule has 0 aliphatic carbocycles. The van der Waals surface area contributed by atoms with E-state index in [0.717, 1.165) is 18.7 Å². The molecule has 0 saturated heterocycles. The molecule has 2 nitrogen and oxygen atoms in total. The van der Waals surface area contributed by atoms with Crippen molar-refractivity contribution in [3.63, 3.8) is 0 Å².